The summed E-state index contributed by atoms with van der Waals surface area (Å²) < 4.78 is 0. The molecule has 1 aliphatic heterocycles. The number of hydrogen-bond acceptors (Lipinski definition) is 4. The van der Waals surface area contributed by atoms with Crippen molar-refractivity contribution >= 4 is 11.5 Å². The van der Waals surface area contributed by atoms with Crippen LogP contribution in [0.15, 0.2) is 36.4 Å². The van der Waals surface area contributed by atoms with Gasteiger partial charge in [0.15, 0.2) is 5.78 Å². The first-order valence-electron chi connectivity index (χ1n) is 6.34. The summed E-state index contributed by atoms with van der Waals surface area (Å²) in [6.07, 6.45) is 5.62. The number of nitro groups is 1. The normalized spacial score (nSPS) is 16.6. The van der Waals surface area contributed by atoms with Gasteiger partial charge in [0.1, 0.15) is 0 Å². The SMILES string of the molecule is O=C(/C=C/C1CCNCC1)c1ccc([N+](=O)[O-])cc1. The number of nitrogens with one attached hydrogen (secondary N) is 1. The summed E-state index contributed by atoms with van der Waals surface area (Å²) >= 11 is 0. The molecule has 0 saturated carbocycles. The molecule has 0 aliphatic carbocycles. The lowest BCUT2D eigenvalue weighted by Gasteiger charge is -2.18. The van der Waals surface area contributed by atoms with Crippen LogP contribution in [0, 0.1) is 16.0 Å². The first-order valence-corrected chi connectivity index (χ1v) is 6.34. The molecule has 2 rings (SSSR count). The van der Waals surface area contributed by atoms with E-state index >= 15 is 0 Å². The van der Waals surface area contributed by atoms with Crippen molar-refractivity contribution in [2.45, 2.75) is 12.8 Å². The first-order chi connectivity index (χ1) is 9.16. The molecule has 1 heterocycles. The molecular weight excluding hydrogens is 244 g/mol. The fraction of sp³-hybridized carbons (Fsp3) is 0.357. The Kier molecular flexibility index (Phi) is 4.41. The minimum Gasteiger partial charge on any atom is -0.317 e. The number of nitro benzene ring substituents is 1. The van der Waals surface area contributed by atoms with Crippen LogP contribution in [0.1, 0.15) is 23.2 Å². The molecule has 5 heteroatoms. The van der Waals surface area contributed by atoms with Gasteiger partial charge in [-0.1, -0.05) is 6.08 Å². The topological polar surface area (TPSA) is 72.2 Å². The van der Waals surface area contributed by atoms with E-state index in [1.54, 1.807) is 6.08 Å². The average molecular weight is 260 g/mol. The van der Waals surface area contributed by atoms with E-state index in [0.717, 1.165) is 25.9 Å². The molecule has 1 N–H and O–H groups in total. The number of carbonyl (C=O) groups excluding carboxylic acids is 1. The number of piperidine rings is 1. The molecule has 0 radical (unpaired) electrons. The lowest BCUT2D eigenvalue weighted by Crippen LogP contribution is -2.26. The molecule has 1 saturated heterocycles. The summed E-state index contributed by atoms with van der Waals surface area (Å²) in [7, 11) is 0. The Morgan fingerprint density at radius 2 is 1.89 bits per heavy atom. The Morgan fingerprint density at radius 3 is 2.47 bits per heavy atom. The van der Waals surface area contributed by atoms with Crippen LogP contribution in [0.3, 0.4) is 0 Å². The summed E-state index contributed by atoms with van der Waals surface area (Å²) in [5.41, 5.74) is 0.481. The molecule has 5 nitrogen and oxygen atoms in total. The van der Waals surface area contributed by atoms with Gasteiger partial charge in [0.25, 0.3) is 5.69 Å². The monoisotopic (exact) mass is 260 g/mol. The molecule has 0 spiro atoms. The molecule has 100 valence electrons. The number of benzene rings is 1. The summed E-state index contributed by atoms with van der Waals surface area (Å²) in [5.74, 6) is 0.344. The van der Waals surface area contributed by atoms with Crippen molar-refractivity contribution in [1.29, 1.82) is 0 Å². The number of nitrogens with zero attached hydrogens (tertiary/aromatic N) is 1. The van der Waals surface area contributed by atoms with Gasteiger partial charge in [-0.05, 0) is 50.1 Å². The fourth-order valence-corrected chi connectivity index (χ4v) is 2.10. The Hall–Kier alpha value is -2.01. The Balaban J connectivity index is 1.98. The molecule has 0 bridgehead atoms. The van der Waals surface area contributed by atoms with E-state index in [0.29, 0.717) is 11.5 Å². The predicted octanol–water partition coefficient (Wildman–Crippen LogP) is 2.33. The van der Waals surface area contributed by atoms with Crippen LogP contribution in [0.4, 0.5) is 5.69 Å². The highest BCUT2D eigenvalue weighted by Gasteiger charge is 2.11. The maximum absolute atomic E-state index is 11.9. The third kappa shape index (κ3) is 3.72. The smallest absolute Gasteiger partial charge is 0.269 e. The van der Waals surface area contributed by atoms with E-state index in [1.807, 2.05) is 6.08 Å². The van der Waals surface area contributed by atoms with Crippen LogP contribution in [0.25, 0.3) is 0 Å². The van der Waals surface area contributed by atoms with Crippen LogP contribution >= 0.6 is 0 Å². The van der Waals surface area contributed by atoms with Gasteiger partial charge in [0.05, 0.1) is 4.92 Å². The van der Waals surface area contributed by atoms with Crippen LogP contribution in [0.5, 0.6) is 0 Å². The zero-order chi connectivity index (χ0) is 13.7. The summed E-state index contributed by atoms with van der Waals surface area (Å²) in [5, 5.41) is 13.8. The van der Waals surface area contributed by atoms with Gasteiger partial charge in [-0.3, -0.25) is 14.9 Å². The van der Waals surface area contributed by atoms with Crippen LogP contribution in [-0.4, -0.2) is 23.8 Å². The second kappa shape index (κ2) is 6.24. The first kappa shape index (κ1) is 13.4. The lowest BCUT2D eigenvalue weighted by molar-refractivity contribution is -0.384. The maximum atomic E-state index is 11.9. The number of hydrogen-bond donors (Lipinski definition) is 1. The lowest BCUT2D eigenvalue weighted by atomic mass is 9.97. The van der Waals surface area contributed by atoms with Crippen LogP contribution < -0.4 is 5.32 Å². The summed E-state index contributed by atoms with van der Waals surface area (Å²) in [6.45, 7) is 1.97. The largest absolute Gasteiger partial charge is 0.317 e. The number of carbonyl (C=O) groups is 1. The van der Waals surface area contributed by atoms with E-state index in [9.17, 15) is 14.9 Å². The van der Waals surface area contributed by atoms with Crippen molar-refractivity contribution in [1.82, 2.24) is 5.32 Å². The minimum atomic E-state index is -0.473. The highest BCUT2D eigenvalue weighted by Crippen LogP contribution is 2.15. The molecule has 0 aromatic heterocycles. The second-order valence-corrected chi connectivity index (χ2v) is 4.61. The Labute approximate surface area is 111 Å². The number of ketones is 1. The van der Waals surface area contributed by atoms with E-state index < -0.39 is 4.92 Å². The zero-order valence-electron chi connectivity index (χ0n) is 10.5. The summed E-state index contributed by atoms with van der Waals surface area (Å²) in [4.78, 5) is 21.9. The van der Waals surface area contributed by atoms with Gasteiger partial charge in [-0.25, -0.2) is 0 Å². The van der Waals surface area contributed by atoms with Crippen molar-refractivity contribution in [2.75, 3.05) is 13.1 Å². The van der Waals surface area contributed by atoms with Crippen molar-refractivity contribution in [3.8, 4) is 0 Å². The minimum absolute atomic E-state index is 0.00103. The van der Waals surface area contributed by atoms with Gasteiger partial charge < -0.3 is 5.32 Å². The molecule has 1 aromatic rings. The molecule has 0 atom stereocenters. The van der Waals surface area contributed by atoms with Gasteiger partial charge >= 0.3 is 0 Å². The highest BCUT2D eigenvalue weighted by molar-refractivity contribution is 6.04. The van der Waals surface area contributed by atoms with E-state index in [-0.39, 0.29) is 11.5 Å². The molecule has 1 aromatic carbocycles. The van der Waals surface area contributed by atoms with E-state index in [1.165, 1.54) is 24.3 Å². The van der Waals surface area contributed by atoms with Gasteiger partial charge in [-0.2, -0.15) is 0 Å². The summed E-state index contributed by atoms with van der Waals surface area (Å²) in [6, 6.07) is 5.69. The van der Waals surface area contributed by atoms with Crippen molar-refractivity contribution < 1.29 is 9.72 Å². The third-order valence-corrected chi connectivity index (χ3v) is 3.27. The predicted molar refractivity (Wildman–Crippen MR) is 72.2 cm³/mol. The van der Waals surface area contributed by atoms with Gasteiger partial charge in [0.2, 0.25) is 0 Å². The standard InChI is InChI=1S/C14H16N2O3/c17-14(6-1-11-7-9-15-10-8-11)12-2-4-13(5-3-12)16(18)19/h1-6,11,15H,7-10H2/b6-1+. The molecule has 0 amide bonds. The zero-order valence-corrected chi connectivity index (χ0v) is 10.5. The van der Waals surface area contributed by atoms with E-state index in [2.05, 4.69) is 5.32 Å². The number of rotatable bonds is 4. The second-order valence-electron chi connectivity index (χ2n) is 4.61. The molecule has 0 unspecified atom stereocenters. The van der Waals surface area contributed by atoms with E-state index in [4.69, 9.17) is 0 Å². The Bertz CT molecular complexity index is 488. The number of allylic oxidation sites excluding steroid dienone is 2. The quantitative estimate of drug-likeness (QED) is 0.390. The average Bonchev–Trinajstić information content (AvgIpc) is 2.46. The van der Waals surface area contributed by atoms with Crippen LogP contribution in [0.2, 0.25) is 0 Å². The van der Waals surface area contributed by atoms with Crippen LogP contribution in [-0.2, 0) is 0 Å². The van der Waals surface area contributed by atoms with Crippen molar-refractivity contribution in [2.24, 2.45) is 5.92 Å². The number of non-ortho nitro benzene ring substituents is 1. The maximum Gasteiger partial charge on any atom is 0.269 e. The highest BCUT2D eigenvalue weighted by atomic mass is 16.6. The van der Waals surface area contributed by atoms with Gasteiger partial charge in [-0.15, -0.1) is 0 Å². The molecule has 19 heavy (non-hydrogen) atoms. The molecule has 1 aliphatic rings. The third-order valence-electron chi connectivity index (χ3n) is 3.27. The van der Waals surface area contributed by atoms with Gasteiger partial charge in [0, 0.05) is 17.7 Å². The Morgan fingerprint density at radius 1 is 1.26 bits per heavy atom. The molecular formula is C14H16N2O3. The fourth-order valence-electron chi connectivity index (χ4n) is 2.10. The van der Waals surface area contributed by atoms with Crippen molar-refractivity contribution in [3.05, 3.63) is 52.1 Å². The molecule has 1 fully saturated rings. The van der Waals surface area contributed by atoms with Crippen molar-refractivity contribution in [3.63, 3.8) is 0 Å².